The molecule has 10 nitrogen and oxygen atoms in total. The minimum absolute atomic E-state index is 0.211. The van der Waals surface area contributed by atoms with Gasteiger partial charge in [0.05, 0.1) is 25.8 Å². The molecule has 0 aromatic carbocycles. The predicted molar refractivity (Wildman–Crippen MR) is 107 cm³/mol. The first-order valence-electron chi connectivity index (χ1n) is 9.08. The number of nitrogen functional groups attached to an aromatic ring is 1. The molecular weight excluding hydrogens is 394 g/mol. The summed E-state index contributed by atoms with van der Waals surface area (Å²) in [5.41, 5.74) is 9.12. The van der Waals surface area contributed by atoms with Crippen molar-refractivity contribution in [2.45, 2.75) is 33.4 Å². The average Bonchev–Trinajstić information content (AvgIpc) is 3.24. The highest BCUT2D eigenvalue weighted by atomic mass is 32.1. The molecule has 0 aliphatic carbocycles. The molecule has 0 unspecified atom stereocenters. The summed E-state index contributed by atoms with van der Waals surface area (Å²) in [5, 5.41) is 11.5. The van der Waals surface area contributed by atoms with Crippen LogP contribution < -0.4 is 11.1 Å². The van der Waals surface area contributed by atoms with E-state index in [1.54, 1.807) is 4.90 Å². The van der Waals surface area contributed by atoms with Crippen LogP contribution in [-0.2, 0) is 24.2 Å². The van der Waals surface area contributed by atoms with Crippen molar-refractivity contribution >= 4 is 34.1 Å². The van der Waals surface area contributed by atoms with Crippen molar-refractivity contribution in [1.29, 1.82) is 0 Å². The van der Waals surface area contributed by atoms with Gasteiger partial charge in [-0.1, -0.05) is 0 Å². The summed E-state index contributed by atoms with van der Waals surface area (Å²) in [6.45, 7) is 4.96. The standard InChI is InChI=1S/C18H21N7O3S/c1-9-6-10(2)25-13(22-23-17(25)21-9)7-20-18(27)24-5-4-11-12(8-24)29-15(19)14(11)16(26)28-3/h6H,4-5,7-8,19H2,1-3H3,(H,20,27). The van der Waals surface area contributed by atoms with Crippen LogP contribution in [0, 0.1) is 13.8 Å². The number of amides is 2. The Morgan fingerprint density at radius 3 is 2.90 bits per heavy atom. The van der Waals surface area contributed by atoms with E-state index < -0.39 is 5.97 Å². The van der Waals surface area contributed by atoms with E-state index in [9.17, 15) is 9.59 Å². The van der Waals surface area contributed by atoms with Crippen LogP contribution in [0.5, 0.6) is 0 Å². The highest BCUT2D eigenvalue weighted by Gasteiger charge is 2.29. The lowest BCUT2D eigenvalue weighted by Gasteiger charge is -2.27. The lowest BCUT2D eigenvalue weighted by molar-refractivity contribution is 0.0600. The summed E-state index contributed by atoms with van der Waals surface area (Å²) in [5.74, 6) is 0.693. The number of ether oxygens (including phenoxy) is 1. The molecule has 1 aliphatic rings. The minimum Gasteiger partial charge on any atom is -0.465 e. The Morgan fingerprint density at radius 1 is 1.34 bits per heavy atom. The number of thiophene rings is 1. The van der Waals surface area contributed by atoms with Gasteiger partial charge in [0.15, 0.2) is 5.82 Å². The Bertz CT molecular complexity index is 1120. The lowest BCUT2D eigenvalue weighted by Crippen LogP contribution is -2.42. The van der Waals surface area contributed by atoms with Gasteiger partial charge in [-0.2, -0.15) is 0 Å². The molecule has 29 heavy (non-hydrogen) atoms. The molecule has 0 atom stereocenters. The smallest absolute Gasteiger partial charge is 0.341 e. The maximum atomic E-state index is 12.7. The average molecular weight is 415 g/mol. The Labute approximate surface area is 170 Å². The van der Waals surface area contributed by atoms with Crippen molar-refractivity contribution in [1.82, 2.24) is 29.8 Å². The van der Waals surface area contributed by atoms with E-state index in [0.717, 1.165) is 21.8 Å². The van der Waals surface area contributed by atoms with Gasteiger partial charge >= 0.3 is 12.0 Å². The van der Waals surface area contributed by atoms with Crippen LogP contribution in [0.15, 0.2) is 6.07 Å². The number of fused-ring (bicyclic) bond motifs is 2. The predicted octanol–water partition coefficient (Wildman–Crippen LogP) is 1.44. The third-order valence-corrected chi connectivity index (χ3v) is 5.96. The maximum absolute atomic E-state index is 12.7. The quantitative estimate of drug-likeness (QED) is 0.620. The number of nitrogens with two attached hydrogens (primary N) is 1. The number of carbonyl (C=O) groups is 2. The second-order valence-electron chi connectivity index (χ2n) is 6.86. The molecule has 11 heteroatoms. The van der Waals surface area contributed by atoms with Crippen LogP contribution >= 0.6 is 11.3 Å². The largest absolute Gasteiger partial charge is 0.465 e. The molecule has 3 aromatic heterocycles. The monoisotopic (exact) mass is 415 g/mol. The first-order valence-corrected chi connectivity index (χ1v) is 9.90. The molecule has 152 valence electrons. The molecule has 0 bridgehead atoms. The Hall–Kier alpha value is -3.21. The molecule has 4 rings (SSSR count). The van der Waals surface area contributed by atoms with Gasteiger partial charge < -0.3 is 20.7 Å². The van der Waals surface area contributed by atoms with Crippen molar-refractivity contribution in [3.05, 3.63) is 39.3 Å². The number of esters is 1. The molecule has 0 saturated heterocycles. The summed E-state index contributed by atoms with van der Waals surface area (Å²) in [7, 11) is 1.33. The summed E-state index contributed by atoms with van der Waals surface area (Å²) in [4.78, 5) is 31.6. The molecule has 0 saturated carbocycles. The molecule has 2 amide bonds. The molecule has 1 aliphatic heterocycles. The molecule has 0 spiro atoms. The lowest BCUT2D eigenvalue weighted by atomic mass is 10.0. The number of rotatable bonds is 3. The number of nitrogens with zero attached hydrogens (tertiary/aromatic N) is 5. The van der Waals surface area contributed by atoms with E-state index in [2.05, 4.69) is 20.5 Å². The van der Waals surface area contributed by atoms with Crippen LogP contribution in [0.1, 0.15) is 38.0 Å². The number of methoxy groups -OCH3 is 1. The Kier molecular flexibility index (Phi) is 4.82. The normalized spacial score (nSPS) is 13.4. The third kappa shape index (κ3) is 3.37. The maximum Gasteiger partial charge on any atom is 0.341 e. The molecule has 4 heterocycles. The number of hydrogen-bond acceptors (Lipinski definition) is 8. The third-order valence-electron chi connectivity index (χ3n) is 4.92. The fourth-order valence-electron chi connectivity index (χ4n) is 3.60. The zero-order valence-corrected chi connectivity index (χ0v) is 17.2. The second-order valence-corrected chi connectivity index (χ2v) is 7.99. The van der Waals surface area contributed by atoms with Gasteiger partial charge in [0.2, 0.25) is 0 Å². The molecule has 0 fully saturated rings. The summed E-state index contributed by atoms with van der Waals surface area (Å²) in [6, 6.07) is 1.73. The zero-order chi connectivity index (χ0) is 20.7. The number of aryl methyl sites for hydroxylation is 2. The SMILES string of the molecule is COC(=O)c1c(N)sc2c1CCN(C(=O)NCc1nnc3nc(C)cc(C)n13)C2. The van der Waals surface area contributed by atoms with Gasteiger partial charge in [-0.05, 0) is 31.9 Å². The number of urea groups is 1. The number of hydrogen-bond donors (Lipinski definition) is 2. The van der Waals surface area contributed by atoms with Crippen molar-refractivity contribution < 1.29 is 14.3 Å². The van der Waals surface area contributed by atoms with Gasteiger partial charge in [0.25, 0.3) is 5.78 Å². The van der Waals surface area contributed by atoms with E-state index >= 15 is 0 Å². The van der Waals surface area contributed by atoms with Gasteiger partial charge in [0, 0.05) is 22.8 Å². The van der Waals surface area contributed by atoms with Crippen LogP contribution in [0.2, 0.25) is 0 Å². The summed E-state index contributed by atoms with van der Waals surface area (Å²) in [6.07, 6.45) is 0.553. The van der Waals surface area contributed by atoms with E-state index in [1.165, 1.54) is 18.4 Å². The van der Waals surface area contributed by atoms with Gasteiger partial charge in [-0.15, -0.1) is 21.5 Å². The number of aromatic nitrogens is 4. The zero-order valence-electron chi connectivity index (χ0n) is 16.4. The Balaban J connectivity index is 1.46. The van der Waals surface area contributed by atoms with Crippen molar-refractivity contribution in [2.75, 3.05) is 19.4 Å². The van der Waals surface area contributed by atoms with Crippen molar-refractivity contribution in [3.8, 4) is 0 Å². The number of carbonyl (C=O) groups excluding carboxylic acids is 2. The van der Waals surface area contributed by atoms with E-state index in [1.807, 2.05) is 24.3 Å². The molecule has 0 radical (unpaired) electrons. The highest BCUT2D eigenvalue weighted by molar-refractivity contribution is 7.16. The van der Waals surface area contributed by atoms with Gasteiger partial charge in [-0.3, -0.25) is 4.40 Å². The number of nitrogens with one attached hydrogen (secondary N) is 1. The minimum atomic E-state index is -0.434. The second kappa shape index (κ2) is 7.32. The van der Waals surface area contributed by atoms with Crippen LogP contribution in [-0.4, -0.2) is 50.1 Å². The summed E-state index contributed by atoms with van der Waals surface area (Å²) < 4.78 is 6.65. The Morgan fingerprint density at radius 2 is 2.14 bits per heavy atom. The van der Waals surface area contributed by atoms with Crippen LogP contribution in [0.4, 0.5) is 9.80 Å². The molecule has 3 N–H and O–H groups in total. The summed E-state index contributed by atoms with van der Waals surface area (Å²) >= 11 is 1.32. The van der Waals surface area contributed by atoms with Crippen LogP contribution in [0.3, 0.4) is 0 Å². The van der Waals surface area contributed by atoms with Gasteiger partial charge in [0.1, 0.15) is 5.00 Å². The van der Waals surface area contributed by atoms with Gasteiger partial charge in [-0.25, -0.2) is 14.6 Å². The fourth-order valence-corrected chi connectivity index (χ4v) is 4.72. The fraction of sp³-hybridized carbons (Fsp3) is 0.389. The van der Waals surface area contributed by atoms with E-state index in [0.29, 0.717) is 41.7 Å². The van der Waals surface area contributed by atoms with Crippen LogP contribution in [0.25, 0.3) is 5.78 Å². The molecule has 3 aromatic rings. The highest BCUT2D eigenvalue weighted by Crippen LogP contribution is 2.35. The number of anilines is 1. The first-order chi connectivity index (χ1) is 13.9. The first kappa shape index (κ1) is 19.1. The molecular formula is C18H21N7O3S. The topological polar surface area (TPSA) is 128 Å². The van der Waals surface area contributed by atoms with E-state index in [-0.39, 0.29) is 12.6 Å². The van der Waals surface area contributed by atoms with E-state index in [4.69, 9.17) is 10.5 Å². The van der Waals surface area contributed by atoms with Crippen molar-refractivity contribution in [2.24, 2.45) is 0 Å². The van der Waals surface area contributed by atoms with Crippen molar-refractivity contribution in [3.63, 3.8) is 0 Å².